The lowest BCUT2D eigenvalue weighted by molar-refractivity contribution is 0.124. The zero-order valence-electron chi connectivity index (χ0n) is 7.66. The van der Waals surface area contributed by atoms with Crippen LogP contribution in [-0.4, -0.2) is 34.7 Å². The second-order valence-corrected chi connectivity index (χ2v) is 4.91. The van der Waals surface area contributed by atoms with E-state index in [-0.39, 0.29) is 6.10 Å². The normalized spacial score (nSPS) is 58.0. The Bertz CT molecular complexity index is 218. The fourth-order valence-corrected chi connectivity index (χ4v) is 3.97. The van der Waals surface area contributed by atoms with Gasteiger partial charge in [-0.25, -0.2) is 0 Å². The summed E-state index contributed by atoms with van der Waals surface area (Å²) in [6.45, 7) is 4.55. The fraction of sp³-hybridized carbons (Fsp3) is 1.00. The van der Waals surface area contributed by atoms with Gasteiger partial charge < -0.3 is 5.11 Å². The van der Waals surface area contributed by atoms with E-state index in [9.17, 15) is 5.11 Å². The Labute approximate surface area is 73.6 Å². The lowest BCUT2D eigenvalue weighted by Gasteiger charge is -2.31. The molecule has 2 aliphatic heterocycles. The SMILES string of the molecule is C[C@@]12[C@H]3CC[C@@H]1[C@@H](O)CN2CC3. The van der Waals surface area contributed by atoms with Crippen molar-refractivity contribution in [1.29, 1.82) is 0 Å². The van der Waals surface area contributed by atoms with Crippen molar-refractivity contribution in [3.63, 3.8) is 0 Å². The summed E-state index contributed by atoms with van der Waals surface area (Å²) in [4.78, 5) is 2.53. The molecule has 12 heavy (non-hydrogen) atoms. The van der Waals surface area contributed by atoms with Crippen molar-refractivity contribution in [2.75, 3.05) is 13.1 Å². The van der Waals surface area contributed by atoms with Crippen LogP contribution in [0.2, 0.25) is 0 Å². The van der Waals surface area contributed by atoms with Crippen molar-refractivity contribution in [3.05, 3.63) is 0 Å². The third-order valence-electron chi connectivity index (χ3n) is 4.70. The molecule has 3 fully saturated rings. The van der Waals surface area contributed by atoms with E-state index in [0.717, 1.165) is 12.5 Å². The van der Waals surface area contributed by atoms with Gasteiger partial charge in [-0.3, -0.25) is 4.90 Å². The van der Waals surface area contributed by atoms with Gasteiger partial charge in [0.05, 0.1) is 6.10 Å². The number of nitrogens with zero attached hydrogens (tertiary/aromatic N) is 1. The Morgan fingerprint density at radius 3 is 3.00 bits per heavy atom. The molecule has 0 aromatic rings. The van der Waals surface area contributed by atoms with Crippen LogP contribution in [0.25, 0.3) is 0 Å². The third-order valence-corrected chi connectivity index (χ3v) is 4.70. The van der Waals surface area contributed by atoms with Crippen LogP contribution in [0.3, 0.4) is 0 Å². The van der Waals surface area contributed by atoms with Gasteiger partial charge in [0, 0.05) is 18.0 Å². The van der Waals surface area contributed by atoms with E-state index in [1.807, 2.05) is 0 Å². The number of β-amino-alcohol motifs (C(OH)–C–C–N with tert-alkyl or cyclic N) is 1. The van der Waals surface area contributed by atoms with Crippen LogP contribution in [0.15, 0.2) is 0 Å². The van der Waals surface area contributed by atoms with Gasteiger partial charge in [-0.05, 0) is 38.6 Å². The Morgan fingerprint density at radius 1 is 1.33 bits per heavy atom. The van der Waals surface area contributed by atoms with Crippen molar-refractivity contribution in [2.24, 2.45) is 11.8 Å². The summed E-state index contributed by atoms with van der Waals surface area (Å²) in [6.07, 6.45) is 3.97. The smallest absolute Gasteiger partial charge is 0.0713 e. The molecule has 0 unspecified atom stereocenters. The lowest BCUT2D eigenvalue weighted by atomic mass is 9.84. The minimum Gasteiger partial charge on any atom is -0.391 e. The van der Waals surface area contributed by atoms with E-state index >= 15 is 0 Å². The molecule has 2 heteroatoms. The highest BCUT2D eigenvalue weighted by Gasteiger charge is 2.60. The quantitative estimate of drug-likeness (QED) is 0.578. The van der Waals surface area contributed by atoms with E-state index in [4.69, 9.17) is 0 Å². The predicted molar refractivity (Wildman–Crippen MR) is 46.8 cm³/mol. The monoisotopic (exact) mass is 167 g/mol. The molecule has 0 bridgehead atoms. The molecule has 1 aliphatic carbocycles. The average molecular weight is 167 g/mol. The summed E-state index contributed by atoms with van der Waals surface area (Å²) in [6, 6.07) is 0. The molecular weight excluding hydrogens is 150 g/mol. The minimum atomic E-state index is -0.0275. The van der Waals surface area contributed by atoms with Crippen LogP contribution in [0, 0.1) is 11.8 Å². The topological polar surface area (TPSA) is 23.5 Å². The maximum Gasteiger partial charge on any atom is 0.0713 e. The molecule has 0 spiro atoms. The summed E-state index contributed by atoms with van der Waals surface area (Å²) >= 11 is 0. The van der Waals surface area contributed by atoms with Gasteiger partial charge in [-0.15, -0.1) is 0 Å². The van der Waals surface area contributed by atoms with E-state index < -0.39 is 0 Å². The highest BCUT2D eigenvalue weighted by Crippen LogP contribution is 2.55. The molecule has 3 rings (SSSR count). The summed E-state index contributed by atoms with van der Waals surface area (Å²) in [7, 11) is 0. The maximum absolute atomic E-state index is 9.84. The highest BCUT2D eigenvalue weighted by molar-refractivity contribution is 5.14. The molecule has 3 aliphatic rings. The van der Waals surface area contributed by atoms with Gasteiger partial charge in [0.25, 0.3) is 0 Å². The molecule has 2 nitrogen and oxygen atoms in total. The van der Waals surface area contributed by atoms with Crippen molar-refractivity contribution in [1.82, 2.24) is 4.90 Å². The number of rotatable bonds is 0. The summed E-state index contributed by atoms with van der Waals surface area (Å²) in [5.74, 6) is 1.48. The second-order valence-electron chi connectivity index (χ2n) is 4.91. The molecule has 0 amide bonds. The first-order valence-electron chi connectivity index (χ1n) is 5.16. The first kappa shape index (κ1) is 7.34. The molecule has 0 radical (unpaired) electrons. The molecule has 4 atom stereocenters. The van der Waals surface area contributed by atoms with Crippen LogP contribution in [-0.2, 0) is 0 Å². The van der Waals surface area contributed by atoms with Crippen LogP contribution < -0.4 is 0 Å². The Hall–Kier alpha value is -0.0800. The number of aliphatic hydroxyl groups is 1. The van der Waals surface area contributed by atoms with E-state index in [1.54, 1.807) is 0 Å². The first-order chi connectivity index (χ1) is 5.73. The van der Waals surface area contributed by atoms with E-state index in [2.05, 4.69) is 11.8 Å². The van der Waals surface area contributed by atoms with Gasteiger partial charge in [0.1, 0.15) is 0 Å². The molecule has 2 heterocycles. The number of aliphatic hydroxyl groups excluding tert-OH is 1. The van der Waals surface area contributed by atoms with Crippen molar-refractivity contribution >= 4 is 0 Å². The van der Waals surface area contributed by atoms with Gasteiger partial charge >= 0.3 is 0 Å². The van der Waals surface area contributed by atoms with E-state index in [1.165, 1.54) is 25.8 Å². The van der Waals surface area contributed by atoms with Crippen LogP contribution >= 0.6 is 0 Å². The molecule has 1 N–H and O–H groups in total. The largest absolute Gasteiger partial charge is 0.391 e. The van der Waals surface area contributed by atoms with Crippen molar-refractivity contribution in [3.8, 4) is 0 Å². The molecule has 1 saturated carbocycles. The van der Waals surface area contributed by atoms with Crippen molar-refractivity contribution in [2.45, 2.75) is 37.8 Å². The summed E-state index contributed by atoms with van der Waals surface area (Å²) < 4.78 is 0. The number of hydrogen-bond donors (Lipinski definition) is 1. The predicted octanol–water partition coefficient (Wildman–Crippen LogP) is 0.851. The Morgan fingerprint density at radius 2 is 2.17 bits per heavy atom. The summed E-state index contributed by atoms with van der Waals surface area (Å²) in [5.41, 5.74) is 0.388. The Kier molecular flexibility index (Phi) is 1.25. The van der Waals surface area contributed by atoms with Gasteiger partial charge in [0.15, 0.2) is 0 Å². The Balaban J connectivity index is 2.03. The standard InChI is InChI=1S/C10H17NO/c1-10-7-2-3-8(10)9(12)6-11(10)5-4-7/h7-9,12H,2-6H2,1H3/t7-,8+,9-,10+/m0/s1. The van der Waals surface area contributed by atoms with Crippen LogP contribution in [0.4, 0.5) is 0 Å². The first-order valence-corrected chi connectivity index (χ1v) is 5.16. The fourth-order valence-electron chi connectivity index (χ4n) is 3.97. The highest BCUT2D eigenvalue weighted by atomic mass is 16.3. The molecule has 68 valence electrons. The van der Waals surface area contributed by atoms with Gasteiger partial charge in [-0.1, -0.05) is 0 Å². The van der Waals surface area contributed by atoms with Gasteiger partial charge in [0.2, 0.25) is 0 Å². The summed E-state index contributed by atoms with van der Waals surface area (Å²) in [5, 5.41) is 9.84. The number of hydrogen-bond acceptors (Lipinski definition) is 2. The molecule has 2 saturated heterocycles. The average Bonchev–Trinajstić information content (AvgIpc) is 2.56. The minimum absolute atomic E-state index is 0.0275. The zero-order chi connectivity index (χ0) is 8.34. The maximum atomic E-state index is 9.84. The van der Waals surface area contributed by atoms with Crippen molar-refractivity contribution < 1.29 is 5.11 Å². The van der Waals surface area contributed by atoms with E-state index in [0.29, 0.717) is 11.5 Å². The lowest BCUT2D eigenvalue weighted by Crippen LogP contribution is -2.41. The second kappa shape index (κ2) is 2.05. The van der Waals surface area contributed by atoms with Gasteiger partial charge in [-0.2, -0.15) is 0 Å². The third kappa shape index (κ3) is 0.612. The van der Waals surface area contributed by atoms with Crippen LogP contribution in [0.1, 0.15) is 26.2 Å². The van der Waals surface area contributed by atoms with Crippen LogP contribution in [0.5, 0.6) is 0 Å². The molecule has 0 aromatic carbocycles. The molecule has 0 aromatic heterocycles. The molecular formula is C10H17NO. The zero-order valence-corrected chi connectivity index (χ0v) is 7.66.